The number of nitrogens with two attached hydrogens (primary N) is 1. The molecule has 0 radical (unpaired) electrons. The highest BCUT2D eigenvalue weighted by molar-refractivity contribution is 5.83. The number of allylic oxidation sites excluding steroid dienone is 3. The molecule has 5 rings (SSSR count). The first-order valence-electron chi connectivity index (χ1n) is 13.1. The van der Waals surface area contributed by atoms with Gasteiger partial charge >= 0.3 is 0 Å². The minimum atomic E-state index is -0.428. The average molecular weight is 486 g/mol. The average Bonchev–Trinajstić information content (AvgIpc) is 3.05. The van der Waals surface area contributed by atoms with E-state index >= 15 is 0 Å². The van der Waals surface area contributed by atoms with Crippen LogP contribution in [0.4, 0.5) is 0 Å². The lowest BCUT2D eigenvalue weighted by molar-refractivity contribution is -0.137. The van der Waals surface area contributed by atoms with E-state index in [-0.39, 0.29) is 24.3 Å². The van der Waals surface area contributed by atoms with Crippen molar-refractivity contribution in [2.45, 2.75) is 57.1 Å². The van der Waals surface area contributed by atoms with Crippen LogP contribution < -0.4 is 5.73 Å². The van der Waals surface area contributed by atoms with Crippen molar-refractivity contribution in [1.29, 1.82) is 0 Å². The zero-order valence-electron chi connectivity index (χ0n) is 20.8. The summed E-state index contributed by atoms with van der Waals surface area (Å²) < 4.78 is 6.75. The molecule has 2 amide bonds. The molecule has 2 aliphatic heterocycles. The van der Waals surface area contributed by atoms with Crippen LogP contribution in [0.15, 0.2) is 78.2 Å². The van der Waals surface area contributed by atoms with Crippen LogP contribution in [-0.2, 0) is 20.9 Å². The SMILES string of the molecule is NC(=O)CCC(=O)N1CCC2(CC1)CCN(Cc1ccc(-c3ccccc3)cc1)C1=C(C=CCC1)O2. The van der Waals surface area contributed by atoms with Crippen molar-refractivity contribution in [2.75, 3.05) is 19.6 Å². The van der Waals surface area contributed by atoms with Gasteiger partial charge in [0.25, 0.3) is 0 Å². The number of likely N-dealkylation sites (tertiary alicyclic amines) is 1. The van der Waals surface area contributed by atoms with E-state index in [2.05, 4.69) is 65.6 Å². The lowest BCUT2D eigenvalue weighted by Crippen LogP contribution is -2.48. The van der Waals surface area contributed by atoms with Crippen LogP contribution in [0, 0.1) is 0 Å². The highest BCUT2D eigenvalue weighted by Crippen LogP contribution is 2.39. The van der Waals surface area contributed by atoms with Crippen LogP contribution in [0.2, 0.25) is 0 Å². The maximum atomic E-state index is 12.5. The molecule has 0 aromatic heterocycles. The molecule has 0 atom stereocenters. The van der Waals surface area contributed by atoms with Gasteiger partial charge < -0.3 is 20.3 Å². The van der Waals surface area contributed by atoms with Crippen LogP contribution >= 0.6 is 0 Å². The smallest absolute Gasteiger partial charge is 0.223 e. The van der Waals surface area contributed by atoms with Crippen molar-refractivity contribution in [2.24, 2.45) is 5.73 Å². The van der Waals surface area contributed by atoms with Crippen molar-refractivity contribution in [3.05, 3.63) is 83.8 Å². The molecule has 2 N–H and O–H groups in total. The Morgan fingerprint density at radius 2 is 1.58 bits per heavy atom. The zero-order valence-corrected chi connectivity index (χ0v) is 20.8. The van der Waals surface area contributed by atoms with Gasteiger partial charge in [-0.15, -0.1) is 0 Å². The molecule has 36 heavy (non-hydrogen) atoms. The first kappa shape index (κ1) is 24.2. The molecule has 2 heterocycles. The van der Waals surface area contributed by atoms with E-state index < -0.39 is 5.91 Å². The third kappa shape index (κ3) is 5.48. The predicted molar refractivity (Wildman–Crippen MR) is 140 cm³/mol. The molecule has 2 aromatic carbocycles. The topological polar surface area (TPSA) is 75.9 Å². The first-order valence-corrected chi connectivity index (χ1v) is 13.1. The van der Waals surface area contributed by atoms with E-state index in [0.717, 1.165) is 51.0 Å². The number of amides is 2. The Morgan fingerprint density at radius 1 is 0.889 bits per heavy atom. The van der Waals surface area contributed by atoms with Crippen LogP contribution in [0.3, 0.4) is 0 Å². The van der Waals surface area contributed by atoms with Gasteiger partial charge in [-0.1, -0.05) is 60.7 Å². The number of primary amides is 1. The second kappa shape index (κ2) is 10.6. The molecule has 6 nitrogen and oxygen atoms in total. The third-order valence-electron chi connectivity index (χ3n) is 7.69. The van der Waals surface area contributed by atoms with E-state index in [0.29, 0.717) is 13.1 Å². The lowest BCUT2D eigenvalue weighted by atomic mass is 9.87. The van der Waals surface area contributed by atoms with Gasteiger partial charge in [0.05, 0.1) is 5.70 Å². The van der Waals surface area contributed by atoms with Crippen LogP contribution in [0.1, 0.15) is 50.5 Å². The number of piperidine rings is 1. The Labute approximate surface area is 213 Å². The van der Waals surface area contributed by atoms with Crippen LogP contribution in [0.25, 0.3) is 11.1 Å². The number of ether oxygens (including phenoxy) is 1. The predicted octanol–water partition coefficient (Wildman–Crippen LogP) is 4.76. The summed E-state index contributed by atoms with van der Waals surface area (Å²) in [7, 11) is 0. The van der Waals surface area contributed by atoms with Gasteiger partial charge in [-0.3, -0.25) is 9.59 Å². The van der Waals surface area contributed by atoms with Gasteiger partial charge in [0, 0.05) is 58.3 Å². The van der Waals surface area contributed by atoms with Gasteiger partial charge in [-0.25, -0.2) is 0 Å². The Bertz CT molecular complexity index is 1150. The lowest BCUT2D eigenvalue weighted by Gasteiger charge is -2.41. The van der Waals surface area contributed by atoms with Gasteiger partial charge in [-0.2, -0.15) is 0 Å². The Morgan fingerprint density at radius 3 is 2.31 bits per heavy atom. The van der Waals surface area contributed by atoms with Crippen molar-refractivity contribution in [3.63, 3.8) is 0 Å². The number of hydrogen-bond acceptors (Lipinski definition) is 4. The van der Waals surface area contributed by atoms with Gasteiger partial charge in [0.15, 0.2) is 0 Å². The maximum Gasteiger partial charge on any atom is 0.223 e. The summed E-state index contributed by atoms with van der Waals surface area (Å²) >= 11 is 0. The zero-order chi connectivity index (χ0) is 25.0. The fourth-order valence-corrected chi connectivity index (χ4v) is 5.53. The number of carbonyl (C=O) groups is 2. The second-order valence-electron chi connectivity index (χ2n) is 10.1. The molecular weight excluding hydrogens is 450 g/mol. The minimum Gasteiger partial charge on any atom is -0.485 e. The summed E-state index contributed by atoms with van der Waals surface area (Å²) in [6.07, 6.45) is 9.20. The molecule has 188 valence electrons. The summed E-state index contributed by atoms with van der Waals surface area (Å²) in [5, 5.41) is 0. The standard InChI is InChI=1S/C30H35N3O3/c31-28(34)14-15-29(35)32-19-16-30(17-20-32)18-21-33(26-8-4-5-9-27(26)36-30)22-23-10-12-25(13-11-23)24-6-2-1-3-7-24/h1-3,5-7,9-13H,4,8,14-22H2,(H2,31,34). The number of benzene rings is 2. The quantitative estimate of drug-likeness (QED) is 0.640. The Hall–Kier alpha value is -3.54. The summed E-state index contributed by atoms with van der Waals surface area (Å²) in [6, 6.07) is 19.4. The number of nitrogens with zero attached hydrogens (tertiary/aromatic N) is 2. The molecule has 3 aliphatic rings. The largest absolute Gasteiger partial charge is 0.485 e. The van der Waals surface area contributed by atoms with Crippen molar-refractivity contribution in [1.82, 2.24) is 9.80 Å². The normalized spacial score (nSPS) is 19.0. The summed E-state index contributed by atoms with van der Waals surface area (Å²) in [6.45, 7) is 3.11. The van der Waals surface area contributed by atoms with E-state index in [1.807, 2.05) is 11.0 Å². The summed E-state index contributed by atoms with van der Waals surface area (Å²) in [5.74, 6) is 0.575. The monoisotopic (exact) mass is 485 g/mol. The summed E-state index contributed by atoms with van der Waals surface area (Å²) in [5.41, 5.74) is 10.0. The van der Waals surface area contributed by atoms with Gasteiger partial charge in [0.1, 0.15) is 11.4 Å². The van der Waals surface area contributed by atoms with Crippen molar-refractivity contribution >= 4 is 11.8 Å². The Balaban J connectivity index is 1.27. The fourth-order valence-electron chi connectivity index (χ4n) is 5.53. The molecule has 0 unspecified atom stereocenters. The highest BCUT2D eigenvalue weighted by atomic mass is 16.5. The molecule has 0 saturated carbocycles. The second-order valence-corrected chi connectivity index (χ2v) is 10.1. The van der Waals surface area contributed by atoms with E-state index in [9.17, 15) is 9.59 Å². The van der Waals surface area contributed by atoms with E-state index in [4.69, 9.17) is 10.5 Å². The third-order valence-corrected chi connectivity index (χ3v) is 7.69. The number of rotatable bonds is 6. The Kier molecular flexibility index (Phi) is 7.12. The molecule has 1 aliphatic carbocycles. The van der Waals surface area contributed by atoms with Gasteiger partial charge in [-0.05, 0) is 35.6 Å². The van der Waals surface area contributed by atoms with Gasteiger partial charge in [0.2, 0.25) is 11.8 Å². The van der Waals surface area contributed by atoms with E-state index in [1.54, 1.807) is 0 Å². The van der Waals surface area contributed by atoms with Crippen LogP contribution in [0.5, 0.6) is 0 Å². The summed E-state index contributed by atoms with van der Waals surface area (Å²) in [4.78, 5) is 27.9. The molecule has 2 aromatic rings. The maximum absolute atomic E-state index is 12.5. The minimum absolute atomic E-state index is 0.00955. The molecule has 1 spiro atoms. The molecule has 1 fully saturated rings. The molecule has 6 heteroatoms. The molecule has 0 bridgehead atoms. The molecular formula is C30H35N3O3. The van der Waals surface area contributed by atoms with Crippen molar-refractivity contribution < 1.29 is 14.3 Å². The fraction of sp³-hybridized carbons (Fsp3) is 0.400. The highest BCUT2D eigenvalue weighted by Gasteiger charge is 2.41. The van der Waals surface area contributed by atoms with Crippen molar-refractivity contribution in [3.8, 4) is 11.1 Å². The van der Waals surface area contributed by atoms with E-state index in [1.165, 1.54) is 22.4 Å². The molecule has 1 saturated heterocycles. The van der Waals surface area contributed by atoms with Crippen LogP contribution in [-0.4, -0.2) is 46.8 Å². The first-order chi connectivity index (χ1) is 17.5. The number of carbonyl (C=O) groups excluding carboxylic acids is 2. The number of hydrogen-bond donors (Lipinski definition) is 1.